The van der Waals surface area contributed by atoms with Crippen LogP contribution in [0.1, 0.15) is 11.3 Å². The highest BCUT2D eigenvalue weighted by Crippen LogP contribution is 2.34. The number of halogens is 2. The van der Waals surface area contributed by atoms with Crippen molar-refractivity contribution in [3.05, 3.63) is 69.8 Å². The van der Waals surface area contributed by atoms with Crippen LogP contribution in [0.3, 0.4) is 0 Å². The van der Waals surface area contributed by atoms with Crippen molar-refractivity contribution in [2.75, 3.05) is 18.0 Å². The number of hydrogen-bond acceptors (Lipinski definition) is 7. The molecule has 2 aromatic carbocycles. The van der Waals surface area contributed by atoms with Crippen LogP contribution < -0.4 is 20.1 Å². The van der Waals surface area contributed by atoms with E-state index in [4.69, 9.17) is 43.7 Å². The molecule has 5 rings (SSSR count). The topological polar surface area (TPSA) is 113 Å². The standard InChI is InChI=1S/C23H18Cl2N6O2/c24-14-5-13(9-26)6-17(7-14)33-21-8-16(1-3-19(21)25)32-12-20-18-2-4-22(28-23(18)30-29-20)31-10-15(27)11-31/h1-8,15H,10-12,27H2,(H,28,29,30). The minimum Gasteiger partial charge on any atom is -0.487 e. The summed E-state index contributed by atoms with van der Waals surface area (Å²) in [5, 5.41) is 18.1. The van der Waals surface area contributed by atoms with Crippen LogP contribution in [-0.4, -0.2) is 34.3 Å². The van der Waals surface area contributed by atoms with Gasteiger partial charge in [-0.2, -0.15) is 10.4 Å². The van der Waals surface area contributed by atoms with Gasteiger partial charge in [-0.05, 0) is 42.5 Å². The number of aromatic nitrogens is 3. The van der Waals surface area contributed by atoms with Crippen LogP contribution >= 0.6 is 23.2 Å². The first kappa shape index (κ1) is 21.3. The highest BCUT2D eigenvalue weighted by Gasteiger charge is 2.24. The molecule has 3 heterocycles. The van der Waals surface area contributed by atoms with E-state index in [9.17, 15) is 0 Å². The summed E-state index contributed by atoms with van der Waals surface area (Å²) in [5.74, 6) is 2.21. The Morgan fingerprint density at radius 1 is 1.12 bits per heavy atom. The van der Waals surface area contributed by atoms with Crippen LogP contribution in [0.4, 0.5) is 5.82 Å². The summed E-state index contributed by atoms with van der Waals surface area (Å²) in [7, 11) is 0. The molecule has 2 aromatic heterocycles. The number of nitrogens with zero attached hydrogens (tertiary/aromatic N) is 4. The molecule has 10 heteroatoms. The van der Waals surface area contributed by atoms with Gasteiger partial charge >= 0.3 is 0 Å². The van der Waals surface area contributed by atoms with E-state index in [0.717, 1.165) is 30.0 Å². The van der Waals surface area contributed by atoms with Crippen molar-refractivity contribution in [1.29, 1.82) is 5.26 Å². The second kappa shape index (κ2) is 8.79. The molecule has 8 nitrogen and oxygen atoms in total. The van der Waals surface area contributed by atoms with Crippen molar-refractivity contribution in [2.45, 2.75) is 12.6 Å². The zero-order valence-corrected chi connectivity index (χ0v) is 18.8. The molecule has 0 atom stereocenters. The van der Waals surface area contributed by atoms with Gasteiger partial charge in [-0.3, -0.25) is 5.10 Å². The lowest BCUT2D eigenvalue weighted by Gasteiger charge is -2.37. The summed E-state index contributed by atoms with van der Waals surface area (Å²) < 4.78 is 11.8. The van der Waals surface area contributed by atoms with E-state index >= 15 is 0 Å². The minimum atomic E-state index is 0.200. The van der Waals surface area contributed by atoms with E-state index < -0.39 is 0 Å². The van der Waals surface area contributed by atoms with Gasteiger partial charge in [0.25, 0.3) is 0 Å². The second-order valence-electron chi connectivity index (χ2n) is 7.68. The minimum absolute atomic E-state index is 0.200. The predicted molar refractivity (Wildman–Crippen MR) is 126 cm³/mol. The first-order valence-corrected chi connectivity index (χ1v) is 10.9. The van der Waals surface area contributed by atoms with Gasteiger partial charge in [0, 0.05) is 35.6 Å². The Hall–Kier alpha value is -3.51. The average Bonchev–Trinajstić information content (AvgIpc) is 3.19. The number of aromatic amines is 1. The lowest BCUT2D eigenvalue weighted by atomic mass is 10.1. The van der Waals surface area contributed by atoms with Gasteiger partial charge in [-0.15, -0.1) is 0 Å². The number of hydrogen-bond donors (Lipinski definition) is 2. The maximum absolute atomic E-state index is 9.13. The number of nitrogens with two attached hydrogens (primary N) is 1. The monoisotopic (exact) mass is 480 g/mol. The average molecular weight is 481 g/mol. The molecule has 0 amide bonds. The molecule has 0 saturated carbocycles. The number of nitriles is 1. The van der Waals surface area contributed by atoms with Gasteiger partial charge in [0.2, 0.25) is 0 Å². The van der Waals surface area contributed by atoms with E-state index in [0.29, 0.717) is 38.5 Å². The summed E-state index contributed by atoms with van der Waals surface area (Å²) >= 11 is 12.3. The summed E-state index contributed by atoms with van der Waals surface area (Å²) in [6.07, 6.45) is 0. The molecule has 1 saturated heterocycles. The number of ether oxygens (including phenoxy) is 2. The van der Waals surface area contributed by atoms with Gasteiger partial charge in [0.05, 0.1) is 22.3 Å². The van der Waals surface area contributed by atoms with Crippen molar-refractivity contribution in [3.8, 4) is 23.3 Å². The highest BCUT2D eigenvalue weighted by atomic mass is 35.5. The number of benzene rings is 2. The Morgan fingerprint density at radius 2 is 1.97 bits per heavy atom. The molecule has 0 unspecified atom stereocenters. The van der Waals surface area contributed by atoms with Crippen molar-refractivity contribution < 1.29 is 9.47 Å². The molecule has 0 radical (unpaired) electrons. The number of nitrogens with one attached hydrogen (secondary N) is 1. The number of anilines is 1. The smallest absolute Gasteiger partial charge is 0.183 e. The zero-order valence-electron chi connectivity index (χ0n) is 17.3. The van der Waals surface area contributed by atoms with Gasteiger partial charge in [-0.1, -0.05) is 23.2 Å². The first-order chi connectivity index (χ1) is 16.0. The molecule has 0 bridgehead atoms. The molecule has 0 aliphatic carbocycles. The molecule has 33 heavy (non-hydrogen) atoms. The molecule has 1 aliphatic rings. The summed E-state index contributed by atoms with van der Waals surface area (Å²) in [4.78, 5) is 6.72. The lowest BCUT2D eigenvalue weighted by molar-refractivity contribution is 0.301. The molecule has 3 N–H and O–H groups in total. The Labute approximate surface area is 199 Å². The largest absolute Gasteiger partial charge is 0.487 e. The van der Waals surface area contributed by atoms with Gasteiger partial charge in [-0.25, -0.2) is 4.98 Å². The normalized spacial score (nSPS) is 13.6. The lowest BCUT2D eigenvalue weighted by Crippen LogP contribution is -2.56. The first-order valence-electron chi connectivity index (χ1n) is 10.1. The van der Waals surface area contributed by atoms with Crippen LogP contribution in [0.25, 0.3) is 11.0 Å². The zero-order chi connectivity index (χ0) is 22.9. The molecule has 4 aromatic rings. The third-order valence-corrected chi connectivity index (χ3v) is 5.76. The van der Waals surface area contributed by atoms with Crippen LogP contribution in [0.2, 0.25) is 10.0 Å². The number of rotatable bonds is 6. The Balaban J connectivity index is 1.31. The summed E-state index contributed by atoms with van der Waals surface area (Å²) in [6, 6.07) is 16.0. The van der Waals surface area contributed by atoms with E-state index in [-0.39, 0.29) is 12.6 Å². The third kappa shape index (κ3) is 4.52. The molecular weight excluding hydrogens is 463 g/mol. The van der Waals surface area contributed by atoms with Crippen molar-refractivity contribution >= 4 is 40.1 Å². The molecular formula is C23H18Cl2N6O2. The van der Waals surface area contributed by atoms with Crippen LogP contribution in [0.15, 0.2) is 48.5 Å². The fraction of sp³-hybridized carbons (Fsp3) is 0.174. The third-order valence-electron chi connectivity index (χ3n) is 5.23. The highest BCUT2D eigenvalue weighted by molar-refractivity contribution is 6.32. The Bertz CT molecular complexity index is 1380. The number of H-pyrrole nitrogens is 1. The molecule has 166 valence electrons. The van der Waals surface area contributed by atoms with Gasteiger partial charge < -0.3 is 20.1 Å². The van der Waals surface area contributed by atoms with Crippen molar-refractivity contribution in [1.82, 2.24) is 15.2 Å². The van der Waals surface area contributed by atoms with Gasteiger partial charge in [0.1, 0.15) is 29.7 Å². The Morgan fingerprint density at radius 3 is 2.76 bits per heavy atom. The number of pyridine rings is 1. The second-order valence-corrected chi connectivity index (χ2v) is 8.52. The van der Waals surface area contributed by atoms with Crippen LogP contribution in [-0.2, 0) is 6.61 Å². The predicted octanol–water partition coefficient (Wildman–Crippen LogP) is 4.65. The van der Waals surface area contributed by atoms with E-state index in [1.807, 2.05) is 18.2 Å². The van der Waals surface area contributed by atoms with Crippen molar-refractivity contribution in [3.63, 3.8) is 0 Å². The molecule has 0 spiro atoms. The molecule has 1 aliphatic heterocycles. The maximum atomic E-state index is 9.13. The van der Waals surface area contributed by atoms with Crippen molar-refractivity contribution in [2.24, 2.45) is 5.73 Å². The summed E-state index contributed by atoms with van der Waals surface area (Å²) in [6.45, 7) is 1.85. The van der Waals surface area contributed by atoms with Crippen LogP contribution in [0, 0.1) is 11.3 Å². The van der Waals surface area contributed by atoms with Crippen LogP contribution in [0.5, 0.6) is 17.2 Å². The quantitative estimate of drug-likeness (QED) is 0.412. The number of fused-ring (bicyclic) bond motifs is 1. The van der Waals surface area contributed by atoms with Gasteiger partial charge in [0.15, 0.2) is 5.65 Å². The maximum Gasteiger partial charge on any atom is 0.183 e. The fourth-order valence-corrected chi connectivity index (χ4v) is 3.93. The fourth-order valence-electron chi connectivity index (χ4n) is 3.55. The Kier molecular flexibility index (Phi) is 5.68. The summed E-state index contributed by atoms with van der Waals surface area (Å²) in [5.41, 5.74) is 7.67. The van der Waals surface area contributed by atoms with E-state index in [1.165, 1.54) is 0 Å². The molecule has 1 fully saturated rings. The van der Waals surface area contributed by atoms with E-state index in [2.05, 4.69) is 20.1 Å². The van der Waals surface area contributed by atoms with E-state index in [1.54, 1.807) is 36.4 Å². The SMILES string of the molecule is N#Cc1cc(Cl)cc(Oc2cc(OCc3[nH]nc4nc(N5CC(N)C5)ccc34)ccc2Cl)c1.